The van der Waals surface area contributed by atoms with Crippen LogP contribution in [0, 0.1) is 10.1 Å². The van der Waals surface area contributed by atoms with Crippen LogP contribution in [0.25, 0.3) is 0 Å². The van der Waals surface area contributed by atoms with Gasteiger partial charge in [-0.25, -0.2) is 0 Å². The van der Waals surface area contributed by atoms with Crippen LogP contribution >= 0.6 is 11.6 Å². The van der Waals surface area contributed by atoms with Crippen molar-refractivity contribution in [1.29, 1.82) is 0 Å². The Balaban J connectivity index is 2.74. The first kappa shape index (κ1) is 12.4. The van der Waals surface area contributed by atoms with E-state index in [2.05, 4.69) is 0 Å². The summed E-state index contributed by atoms with van der Waals surface area (Å²) >= 11 is 5.85. The molecule has 0 aromatic heterocycles. The molecule has 5 nitrogen and oxygen atoms in total. The minimum Gasteiger partial charge on any atom is -0.481 e. The predicted octanol–water partition coefficient (Wildman–Crippen LogP) is 2.66. The summed E-state index contributed by atoms with van der Waals surface area (Å²) in [6.45, 7) is 0. The number of carbonyl (C=O) groups is 1. The second-order valence-corrected chi connectivity index (χ2v) is 3.69. The maximum atomic E-state index is 10.5. The van der Waals surface area contributed by atoms with E-state index in [-0.39, 0.29) is 12.1 Å². The number of non-ortho nitro benzene ring substituents is 1. The van der Waals surface area contributed by atoms with E-state index >= 15 is 0 Å². The Hall–Kier alpha value is -1.62. The van der Waals surface area contributed by atoms with Crippen LogP contribution in [0.3, 0.4) is 0 Å². The average molecular weight is 244 g/mol. The third kappa shape index (κ3) is 3.51. The third-order valence-electron chi connectivity index (χ3n) is 2.08. The number of halogens is 1. The van der Waals surface area contributed by atoms with Gasteiger partial charge in [-0.1, -0.05) is 11.6 Å². The second kappa shape index (κ2) is 5.46. The van der Waals surface area contributed by atoms with Gasteiger partial charge >= 0.3 is 5.97 Å². The highest BCUT2D eigenvalue weighted by atomic mass is 35.5. The highest BCUT2D eigenvalue weighted by Gasteiger charge is 2.09. The number of hydrogen-bond acceptors (Lipinski definition) is 3. The van der Waals surface area contributed by atoms with Crippen LogP contribution in [0.15, 0.2) is 18.2 Å². The molecule has 0 unspecified atom stereocenters. The van der Waals surface area contributed by atoms with Gasteiger partial charge in [0.05, 0.1) is 4.92 Å². The van der Waals surface area contributed by atoms with Crippen molar-refractivity contribution >= 4 is 23.3 Å². The number of carboxylic acids is 1. The summed E-state index contributed by atoms with van der Waals surface area (Å²) in [4.78, 5) is 20.3. The lowest BCUT2D eigenvalue weighted by Gasteiger charge is -2.02. The van der Waals surface area contributed by atoms with E-state index in [4.69, 9.17) is 16.7 Å². The normalized spacial score (nSPS) is 10.1. The van der Waals surface area contributed by atoms with E-state index in [9.17, 15) is 14.9 Å². The molecule has 1 N–H and O–H groups in total. The molecule has 0 heterocycles. The molecule has 0 amide bonds. The molecule has 0 saturated heterocycles. The fourth-order valence-electron chi connectivity index (χ4n) is 1.30. The molecule has 0 saturated carbocycles. The lowest BCUT2D eigenvalue weighted by Crippen LogP contribution is -1.97. The van der Waals surface area contributed by atoms with Gasteiger partial charge in [0.15, 0.2) is 0 Å². The Morgan fingerprint density at radius 3 is 2.75 bits per heavy atom. The number of aryl methyl sites for hydroxylation is 1. The van der Waals surface area contributed by atoms with Gasteiger partial charge in [-0.15, -0.1) is 0 Å². The van der Waals surface area contributed by atoms with Crippen molar-refractivity contribution < 1.29 is 14.8 Å². The molecule has 86 valence electrons. The molecule has 0 aliphatic rings. The predicted molar refractivity (Wildman–Crippen MR) is 58.7 cm³/mol. The fourth-order valence-corrected chi connectivity index (χ4v) is 1.51. The molecule has 0 aliphatic heterocycles. The van der Waals surface area contributed by atoms with Gasteiger partial charge in [-0.3, -0.25) is 14.9 Å². The largest absolute Gasteiger partial charge is 0.481 e. The van der Waals surface area contributed by atoms with Gasteiger partial charge in [0.2, 0.25) is 0 Å². The number of benzene rings is 1. The summed E-state index contributed by atoms with van der Waals surface area (Å²) in [6.07, 6.45) is 0.863. The van der Waals surface area contributed by atoms with Gasteiger partial charge in [0, 0.05) is 23.6 Å². The Kier molecular flexibility index (Phi) is 4.25. The van der Waals surface area contributed by atoms with Gasteiger partial charge in [-0.2, -0.15) is 0 Å². The van der Waals surface area contributed by atoms with Crippen LogP contribution in [-0.4, -0.2) is 16.0 Å². The Labute approximate surface area is 96.8 Å². The molecule has 1 rings (SSSR count). The quantitative estimate of drug-likeness (QED) is 0.637. The van der Waals surface area contributed by atoms with Crippen molar-refractivity contribution in [3.63, 3.8) is 0 Å². The summed E-state index contributed by atoms with van der Waals surface area (Å²) < 4.78 is 0. The standard InChI is InChI=1S/C10H10ClNO4/c11-9-5-4-8(12(15)16)6-7(9)2-1-3-10(13)14/h4-6H,1-3H2,(H,13,14). The molecule has 0 fully saturated rings. The Morgan fingerprint density at radius 1 is 1.50 bits per heavy atom. The lowest BCUT2D eigenvalue weighted by molar-refractivity contribution is -0.384. The molecule has 1 aromatic carbocycles. The number of nitrogens with zero attached hydrogens (tertiary/aromatic N) is 1. The van der Waals surface area contributed by atoms with Crippen molar-refractivity contribution in [3.8, 4) is 0 Å². The van der Waals surface area contributed by atoms with Gasteiger partial charge in [-0.05, 0) is 24.5 Å². The number of carboxylic acid groups (broad SMARTS) is 1. The number of nitro groups is 1. The number of nitro benzene ring substituents is 1. The molecule has 16 heavy (non-hydrogen) atoms. The smallest absolute Gasteiger partial charge is 0.303 e. The van der Waals surface area contributed by atoms with E-state index < -0.39 is 10.9 Å². The molecule has 0 spiro atoms. The molecule has 0 aliphatic carbocycles. The number of rotatable bonds is 5. The lowest BCUT2D eigenvalue weighted by atomic mass is 10.1. The first-order valence-corrected chi connectivity index (χ1v) is 5.03. The minimum atomic E-state index is -0.887. The topological polar surface area (TPSA) is 80.4 Å². The molecule has 1 aromatic rings. The average Bonchev–Trinajstić information content (AvgIpc) is 2.20. The fraction of sp³-hybridized carbons (Fsp3) is 0.300. The first-order valence-electron chi connectivity index (χ1n) is 4.65. The van der Waals surface area contributed by atoms with Crippen LogP contribution in [0.5, 0.6) is 0 Å². The van der Waals surface area contributed by atoms with Crippen LogP contribution in [0.2, 0.25) is 5.02 Å². The minimum absolute atomic E-state index is 0.0268. The Morgan fingerprint density at radius 2 is 2.19 bits per heavy atom. The zero-order valence-electron chi connectivity index (χ0n) is 8.35. The molecular weight excluding hydrogens is 234 g/mol. The summed E-state index contributed by atoms with van der Waals surface area (Å²) in [5.74, 6) is -0.887. The monoisotopic (exact) mass is 243 g/mol. The third-order valence-corrected chi connectivity index (χ3v) is 2.45. The van der Waals surface area contributed by atoms with Gasteiger partial charge in [0.25, 0.3) is 5.69 Å². The van der Waals surface area contributed by atoms with E-state index in [0.717, 1.165) is 0 Å². The zero-order chi connectivity index (χ0) is 12.1. The maximum Gasteiger partial charge on any atom is 0.303 e. The highest BCUT2D eigenvalue weighted by Crippen LogP contribution is 2.23. The Bertz CT molecular complexity index is 419. The van der Waals surface area contributed by atoms with Gasteiger partial charge < -0.3 is 5.11 Å². The van der Waals surface area contributed by atoms with Crippen molar-refractivity contribution in [1.82, 2.24) is 0 Å². The molecular formula is C10H10ClNO4. The number of hydrogen-bond donors (Lipinski definition) is 1. The molecule has 0 bridgehead atoms. The molecule has 0 radical (unpaired) electrons. The van der Waals surface area contributed by atoms with Crippen molar-refractivity contribution in [3.05, 3.63) is 38.9 Å². The zero-order valence-corrected chi connectivity index (χ0v) is 9.11. The molecule has 0 atom stereocenters. The maximum absolute atomic E-state index is 10.5. The van der Waals surface area contributed by atoms with Crippen LogP contribution in [0.4, 0.5) is 5.69 Å². The summed E-state index contributed by atoms with van der Waals surface area (Å²) in [5.41, 5.74) is 0.576. The summed E-state index contributed by atoms with van der Waals surface area (Å²) in [7, 11) is 0. The first-order chi connectivity index (χ1) is 7.50. The SMILES string of the molecule is O=C(O)CCCc1cc([N+](=O)[O-])ccc1Cl. The van der Waals surface area contributed by atoms with Crippen LogP contribution in [0.1, 0.15) is 18.4 Å². The van der Waals surface area contributed by atoms with Crippen molar-refractivity contribution in [2.75, 3.05) is 0 Å². The number of aliphatic carboxylic acids is 1. The van der Waals surface area contributed by atoms with E-state index in [1.807, 2.05) is 0 Å². The highest BCUT2D eigenvalue weighted by molar-refractivity contribution is 6.31. The van der Waals surface area contributed by atoms with Crippen molar-refractivity contribution in [2.24, 2.45) is 0 Å². The van der Waals surface area contributed by atoms with Crippen LogP contribution < -0.4 is 0 Å². The van der Waals surface area contributed by atoms with Gasteiger partial charge in [0.1, 0.15) is 0 Å². The summed E-state index contributed by atoms with van der Waals surface area (Å²) in [6, 6.07) is 4.16. The molecule has 6 heteroatoms. The van der Waals surface area contributed by atoms with Crippen LogP contribution in [-0.2, 0) is 11.2 Å². The van der Waals surface area contributed by atoms with E-state index in [0.29, 0.717) is 23.4 Å². The summed E-state index contributed by atoms with van der Waals surface area (Å²) in [5, 5.41) is 19.4. The van der Waals surface area contributed by atoms with Crippen molar-refractivity contribution in [2.45, 2.75) is 19.3 Å². The van der Waals surface area contributed by atoms with E-state index in [1.165, 1.54) is 18.2 Å². The van der Waals surface area contributed by atoms with E-state index in [1.54, 1.807) is 0 Å². The second-order valence-electron chi connectivity index (χ2n) is 3.28.